The van der Waals surface area contributed by atoms with E-state index in [1.807, 2.05) is 0 Å². The highest BCUT2D eigenvalue weighted by Crippen LogP contribution is 2.29. The number of sulfone groups is 1. The predicted molar refractivity (Wildman–Crippen MR) is 68.9 cm³/mol. The van der Waals surface area contributed by atoms with Crippen LogP contribution in [-0.2, 0) is 19.4 Å². The van der Waals surface area contributed by atoms with Gasteiger partial charge in [-0.25, -0.2) is 8.42 Å². The molecule has 0 radical (unpaired) electrons. The van der Waals surface area contributed by atoms with Crippen LogP contribution < -0.4 is 5.73 Å². The van der Waals surface area contributed by atoms with Gasteiger partial charge >= 0.3 is 0 Å². The molecule has 1 aliphatic carbocycles. The molecule has 0 saturated heterocycles. The van der Waals surface area contributed by atoms with E-state index in [2.05, 4.69) is 0 Å². The molecule has 106 valence electrons. The van der Waals surface area contributed by atoms with Crippen LogP contribution in [0.25, 0.3) is 0 Å². The lowest BCUT2D eigenvalue weighted by molar-refractivity contribution is -0.136. The molecular weight excluding hydrogens is 256 g/mol. The van der Waals surface area contributed by atoms with Gasteiger partial charge in [0.15, 0.2) is 0 Å². The zero-order valence-electron chi connectivity index (χ0n) is 11.1. The molecule has 1 fully saturated rings. The number of carbonyl (C=O) groups excluding carboxylic acids is 1. The highest BCUT2D eigenvalue weighted by atomic mass is 32.2. The second kappa shape index (κ2) is 5.99. The Hall–Kier alpha value is -0.660. The minimum Gasteiger partial charge on any atom is -0.383 e. The molecule has 0 bridgehead atoms. The van der Waals surface area contributed by atoms with Crippen molar-refractivity contribution in [3.63, 3.8) is 0 Å². The Morgan fingerprint density at radius 2 is 2.06 bits per heavy atom. The van der Waals surface area contributed by atoms with E-state index in [1.165, 1.54) is 13.4 Å². The second-order valence-electron chi connectivity index (χ2n) is 4.98. The van der Waals surface area contributed by atoms with Crippen LogP contribution in [0.15, 0.2) is 0 Å². The van der Waals surface area contributed by atoms with Crippen LogP contribution in [0.3, 0.4) is 0 Å². The smallest absolute Gasteiger partial charge is 0.242 e. The molecule has 2 unspecified atom stereocenters. The summed E-state index contributed by atoms with van der Waals surface area (Å²) in [4.78, 5) is 13.8. The lowest BCUT2D eigenvalue weighted by atomic mass is 10.2. The zero-order valence-corrected chi connectivity index (χ0v) is 11.9. The van der Waals surface area contributed by atoms with Crippen molar-refractivity contribution >= 4 is 15.7 Å². The Kier molecular flexibility index (Phi) is 5.12. The van der Waals surface area contributed by atoms with Crippen LogP contribution in [0.5, 0.6) is 0 Å². The zero-order chi connectivity index (χ0) is 13.9. The van der Waals surface area contributed by atoms with Crippen molar-refractivity contribution in [3.8, 4) is 0 Å². The Labute approximate surface area is 108 Å². The monoisotopic (exact) mass is 278 g/mol. The minimum absolute atomic E-state index is 0.0328. The Morgan fingerprint density at radius 3 is 2.44 bits per heavy atom. The highest BCUT2D eigenvalue weighted by molar-refractivity contribution is 7.90. The maximum atomic E-state index is 12.2. The van der Waals surface area contributed by atoms with Gasteiger partial charge in [-0.15, -0.1) is 0 Å². The molecular formula is C11H22N2O4S. The molecule has 7 heteroatoms. The molecule has 1 amide bonds. The highest BCUT2D eigenvalue weighted by Gasteiger charge is 2.38. The molecule has 2 atom stereocenters. The normalized spacial score (nSPS) is 19.3. The number of hydrogen-bond acceptors (Lipinski definition) is 5. The molecule has 0 heterocycles. The molecule has 1 saturated carbocycles. The standard InChI is InChI=1S/C11H22N2O4S/c1-8(7-18(3,15)16)13(9-4-5-9)11(14)10(12)6-17-2/h8-10H,4-7,12H2,1-3H3. The third-order valence-corrected chi connectivity index (χ3v) is 3.96. The Bertz CT molecular complexity index is 392. The number of carbonyl (C=O) groups is 1. The fourth-order valence-corrected chi connectivity index (χ4v) is 3.11. The molecule has 2 N–H and O–H groups in total. The van der Waals surface area contributed by atoms with E-state index in [0.717, 1.165) is 12.8 Å². The number of nitrogens with two attached hydrogens (primary N) is 1. The van der Waals surface area contributed by atoms with Gasteiger partial charge in [0.05, 0.1) is 12.4 Å². The third-order valence-electron chi connectivity index (χ3n) is 2.88. The second-order valence-corrected chi connectivity index (χ2v) is 7.16. The van der Waals surface area contributed by atoms with Crippen LogP contribution in [0.2, 0.25) is 0 Å². The molecule has 18 heavy (non-hydrogen) atoms. The van der Waals surface area contributed by atoms with Crippen molar-refractivity contribution in [2.75, 3.05) is 25.7 Å². The summed E-state index contributed by atoms with van der Waals surface area (Å²) in [5.41, 5.74) is 5.73. The third kappa shape index (κ3) is 4.55. The molecule has 1 rings (SSSR count). The summed E-state index contributed by atoms with van der Waals surface area (Å²) in [7, 11) is -1.63. The number of ether oxygens (including phenoxy) is 1. The predicted octanol–water partition coefficient (Wildman–Crippen LogP) is -0.616. The number of amides is 1. The van der Waals surface area contributed by atoms with Crippen molar-refractivity contribution in [1.29, 1.82) is 0 Å². The first-order valence-electron chi connectivity index (χ1n) is 6.00. The van der Waals surface area contributed by atoms with Crippen LogP contribution in [0.4, 0.5) is 0 Å². The summed E-state index contributed by atoms with van der Waals surface area (Å²) in [6.07, 6.45) is 3.01. The largest absolute Gasteiger partial charge is 0.383 e. The van der Waals surface area contributed by atoms with Gasteiger partial charge in [-0.05, 0) is 19.8 Å². The number of rotatable bonds is 7. The van der Waals surface area contributed by atoms with E-state index >= 15 is 0 Å². The van der Waals surface area contributed by atoms with Crippen molar-refractivity contribution in [2.45, 2.75) is 37.9 Å². The van der Waals surface area contributed by atoms with E-state index in [1.54, 1.807) is 11.8 Å². The van der Waals surface area contributed by atoms with Gasteiger partial charge in [-0.2, -0.15) is 0 Å². The van der Waals surface area contributed by atoms with E-state index in [4.69, 9.17) is 10.5 Å². The fourth-order valence-electron chi connectivity index (χ4n) is 2.07. The molecule has 0 aromatic carbocycles. The first kappa shape index (κ1) is 15.4. The van der Waals surface area contributed by atoms with Crippen LogP contribution in [-0.4, -0.2) is 63.1 Å². The van der Waals surface area contributed by atoms with Gasteiger partial charge < -0.3 is 15.4 Å². The van der Waals surface area contributed by atoms with Gasteiger partial charge in [-0.1, -0.05) is 0 Å². The van der Waals surface area contributed by atoms with Crippen molar-refractivity contribution in [2.24, 2.45) is 5.73 Å². The molecule has 0 aromatic rings. The lowest BCUT2D eigenvalue weighted by Gasteiger charge is -2.31. The first-order valence-corrected chi connectivity index (χ1v) is 8.06. The van der Waals surface area contributed by atoms with Crippen molar-refractivity contribution < 1.29 is 17.9 Å². The van der Waals surface area contributed by atoms with Crippen LogP contribution in [0.1, 0.15) is 19.8 Å². The maximum Gasteiger partial charge on any atom is 0.242 e. The Morgan fingerprint density at radius 1 is 1.50 bits per heavy atom. The van der Waals surface area contributed by atoms with Crippen LogP contribution in [0, 0.1) is 0 Å². The topological polar surface area (TPSA) is 89.7 Å². The Balaban J connectivity index is 2.73. The van der Waals surface area contributed by atoms with Gasteiger partial charge in [0.25, 0.3) is 0 Å². The molecule has 0 spiro atoms. The van der Waals surface area contributed by atoms with Gasteiger partial charge in [-0.3, -0.25) is 4.79 Å². The quantitative estimate of drug-likeness (QED) is 0.670. The van der Waals surface area contributed by atoms with E-state index in [0.29, 0.717) is 0 Å². The first-order chi connectivity index (χ1) is 8.26. The average molecular weight is 278 g/mol. The summed E-state index contributed by atoms with van der Waals surface area (Å²) in [5, 5.41) is 0. The summed E-state index contributed by atoms with van der Waals surface area (Å²) < 4.78 is 27.5. The summed E-state index contributed by atoms with van der Waals surface area (Å²) >= 11 is 0. The van der Waals surface area contributed by atoms with E-state index in [-0.39, 0.29) is 30.4 Å². The van der Waals surface area contributed by atoms with Crippen molar-refractivity contribution in [3.05, 3.63) is 0 Å². The SMILES string of the molecule is COCC(N)C(=O)N(C(C)CS(C)(=O)=O)C1CC1. The number of hydrogen-bond donors (Lipinski definition) is 1. The molecule has 1 aliphatic rings. The summed E-state index contributed by atoms with van der Waals surface area (Å²) in [5.74, 6) is -0.259. The summed E-state index contributed by atoms with van der Waals surface area (Å²) in [6.45, 7) is 1.89. The number of nitrogens with zero attached hydrogens (tertiary/aromatic N) is 1. The maximum absolute atomic E-state index is 12.2. The molecule has 0 aromatic heterocycles. The minimum atomic E-state index is -3.11. The number of methoxy groups -OCH3 is 1. The lowest BCUT2D eigenvalue weighted by Crippen LogP contribution is -2.52. The molecule has 6 nitrogen and oxygen atoms in total. The van der Waals surface area contributed by atoms with Crippen molar-refractivity contribution in [1.82, 2.24) is 4.90 Å². The van der Waals surface area contributed by atoms with E-state index < -0.39 is 15.9 Å². The van der Waals surface area contributed by atoms with Gasteiger partial charge in [0, 0.05) is 25.4 Å². The summed E-state index contributed by atoms with van der Waals surface area (Å²) in [6, 6.07) is -0.933. The van der Waals surface area contributed by atoms with Gasteiger partial charge in [0.2, 0.25) is 5.91 Å². The van der Waals surface area contributed by atoms with Crippen LogP contribution >= 0.6 is 0 Å². The molecule has 0 aliphatic heterocycles. The fraction of sp³-hybridized carbons (Fsp3) is 0.909. The van der Waals surface area contributed by atoms with Gasteiger partial charge in [0.1, 0.15) is 15.9 Å². The van der Waals surface area contributed by atoms with E-state index in [9.17, 15) is 13.2 Å². The average Bonchev–Trinajstić information content (AvgIpc) is 2.99.